The van der Waals surface area contributed by atoms with Crippen LogP contribution in [0.2, 0.25) is 0 Å². The van der Waals surface area contributed by atoms with Gasteiger partial charge in [-0.05, 0) is 38.0 Å². The lowest BCUT2D eigenvalue weighted by atomic mass is 10.1. The van der Waals surface area contributed by atoms with Crippen molar-refractivity contribution in [3.63, 3.8) is 0 Å². The first-order valence-corrected chi connectivity index (χ1v) is 8.06. The molecular formula is C15H19N3O2S. The van der Waals surface area contributed by atoms with Crippen LogP contribution >= 0.6 is 11.3 Å². The Hall–Kier alpha value is -1.66. The largest absolute Gasteiger partial charge is 0.378 e. The molecule has 1 aromatic carbocycles. The van der Waals surface area contributed by atoms with E-state index in [9.17, 15) is 4.79 Å². The summed E-state index contributed by atoms with van der Waals surface area (Å²) in [6, 6.07) is 5.58. The van der Waals surface area contributed by atoms with Gasteiger partial charge in [0.05, 0.1) is 16.3 Å². The third-order valence-electron chi connectivity index (χ3n) is 3.78. The number of nitrogen functional groups attached to an aromatic ring is 1. The highest BCUT2D eigenvalue weighted by Crippen LogP contribution is 2.25. The molecule has 2 N–H and O–H groups in total. The Labute approximate surface area is 127 Å². The van der Waals surface area contributed by atoms with E-state index in [-0.39, 0.29) is 5.91 Å². The fraction of sp³-hybridized carbons (Fsp3) is 0.467. The van der Waals surface area contributed by atoms with Crippen molar-refractivity contribution >= 4 is 32.6 Å². The van der Waals surface area contributed by atoms with Crippen LogP contribution < -0.4 is 5.73 Å². The minimum Gasteiger partial charge on any atom is -0.378 e. The molecule has 21 heavy (non-hydrogen) atoms. The van der Waals surface area contributed by atoms with Crippen LogP contribution in [0.15, 0.2) is 18.2 Å². The molecule has 5 nitrogen and oxygen atoms in total. The molecule has 0 saturated carbocycles. The van der Waals surface area contributed by atoms with Crippen molar-refractivity contribution in [1.82, 2.24) is 9.88 Å². The summed E-state index contributed by atoms with van der Waals surface area (Å²) in [5, 5.41) is 0.534. The van der Waals surface area contributed by atoms with Gasteiger partial charge in [-0.25, -0.2) is 4.98 Å². The summed E-state index contributed by atoms with van der Waals surface area (Å²) in [7, 11) is 0. The summed E-state index contributed by atoms with van der Waals surface area (Å²) in [6.45, 7) is 4.26. The second-order valence-electron chi connectivity index (χ2n) is 5.18. The molecule has 0 unspecified atom stereocenters. The van der Waals surface area contributed by atoms with Gasteiger partial charge in [0.2, 0.25) is 0 Å². The number of nitrogens with zero attached hydrogens (tertiary/aromatic N) is 2. The van der Waals surface area contributed by atoms with Gasteiger partial charge in [-0.15, -0.1) is 0 Å². The molecule has 1 aromatic heterocycles. The molecule has 112 valence electrons. The van der Waals surface area contributed by atoms with Crippen LogP contribution in [0.4, 0.5) is 5.13 Å². The van der Waals surface area contributed by atoms with E-state index in [1.54, 1.807) is 0 Å². The molecule has 1 amide bonds. The van der Waals surface area contributed by atoms with Gasteiger partial charge in [-0.1, -0.05) is 11.3 Å². The van der Waals surface area contributed by atoms with Gasteiger partial charge in [0, 0.05) is 25.3 Å². The molecular weight excluding hydrogens is 286 g/mol. The number of carbonyl (C=O) groups excluding carboxylic acids is 1. The Bertz CT molecular complexity index is 647. The number of piperidine rings is 1. The average molecular weight is 305 g/mol. The minimum atomic E-state index is 0.0822. The number of hydrogen-bond acceptors (Lipinski definition) is 5. The lowest BCUT2D eigenvalue weighted by Gasteiger charge is -2.31. The highest BCUT2D eigenvalue weighted by atomic mass is 32.1. The number of rotatable bonds is 3. The Balaban J connectivity index is 1.72. The fourth-order valence-electron chi connectivity index (χ4n) is 2.72. The second kappa shape index (κ2) is 5.99. The molecule has 0 spiro atoms. The van der Waals surface area contributed by atoms with Gasteiger partial charge >= 0.3 is 0 Å². The van der Waals surface area contributed by atoms with Gasteiger partial charge in [0.25, 0.3) is 5.91 Å². The maximum atomic E-state index is 12.6. The molecule has 0 aliphatic carbocycles. The van der Waals surface area contributed by atoms with Gasteiger partial charge < -0.3 is 15.4 Å². The van der Waals surface area contributed by atoms with Crippen molar-refractivity contribution in [3.8, 4) is 0 Å². The van der Waals surface area contributed by atoms with E-state index < -0.39 is 0 Å². The van der Waals surface area contributed by atoms with Crippen LogP contribution in [0.3, 0.4) is 0 Å². The molecule has 1 aliphatic heterocycles. The standard InChI is InChI=1S/C15H19N3O2S/c1-2-20-11-5-7-18(8-6-11)14(19)10-3-4-12-13(9-10)21-15(16)17-12/h3-4,9,11H,2,5-8H2,1H3,(H2,16,17). The maximum absolute atomic E-state index is 12.6. The minimum absolute atomic E-state index is 0.0822. The Morgan fingerprint density at radius 3 is 2.95 bits per heavy atom. The number of amides is 1. The molecule has 3 rings (SSSR count). The van der Waals surface area contributed by atoms with Gasteiger partial charge in [-0.3, -0.25) is 4.79 Å². The zero-order valence-corrected chi connectivity index (χ0v) is 12.9. The van der Waals surface area contributed by atoms with Gasteiger partial charge in [-0.2, -0.15) is 0 Å². The Morgan fingerprint density at radius 2 is 2.24 bits per heavy atom. The number of likely N-dealkylation sites (tertiary alicyclic amines) is 1. The number of benzene rings is 1. The van der Waals surface area contributed by atoms with Gasteiger partial charge in [0.1, 0.15) is 0 Å². The molecule has 1 saturated heterocycles. The van der Waals surface area contributed by atoms with Crippen LogP contribution in [0.5, 0.6) is 0 Å². The average Bonchev–Trinajstić information content (AvgIpc) is 2.86. The van der Waals surface area contributed by atoms with Crippen LogP contribution in [-0.2, 0) is 4.74 Å². The van der Waals surface area contributed by atoms with Crippen molar-refractivity contribution in [2.24, 2.45) is 0 Å². The molecule has 2 heterocycles. The number of fused-ring (bicyclic) bond motifs is 1. The smallest absolute Gasteiger partial charge is 0.253 e. The lowest BCUT2D eigenvalue weighted by Crippen LogP contribution is -2.40. The number of hydrogen-bond donors (Lipinski definition) is 1. The van der Waals surface area contributed by atoms with E-state index in [1.165, 1.54) is 11.3 Å². The van der Waals surface area contributed by atoms with Crippen molar-refractivity contribution < 1.29 is 9.53 Å². The summed E-state index contributed by atoms with van der Waals surface area (Å²) >= 11 is 1.41. The third kappa shape index (κ3) is 3.01. The SMILES string of the molecule is CCOC1CCN(C(=O)c2ccc3nc(N)sc3c2)CC1. The number of thiazole rings is 1. The number of carbonyl (C=O) groups is 1. The van der Waals surface area contributed by atoms with E-state index in [1.807, 2.05) is 30.0 Å². The first-order valence-electron chi connectivity index (χ1n) is 7.24. The van der Waals surface area contributed by atoms with Crippen LogP contribution in [0.1, 0.15) is 30.1 Å². The predicted octanol–water partition coefficient (Wildman–Crippen LogP) is 2.52. The summed E-state index contributed by atoms with van der Waals surface area (Å²) in [5.74, 6) is 0.0822. The first kappa shape index (κ1) is 14.3. The van der Waals surface area contributed by atoms with Crippen LogP contribution in [-0.4, -0.2) is 41.6 Å². The first-order chi connectivity index (χ1) is 10.2. The fourth-order valence-corrected chi connectivity index (χ4v) is 3.49. The molecule has 0 radical (unpaired) electrons. The summed E-state index contributed by atoms with van der Waals surface area (Å²) in [5.41, 5.74) is 7.26. The van der Waals surface area contributed by atoms with Crippen LogP contribution in [0.25, 0.3) is 10.2 Å². The molecule has 1 aliphatic rings. The highest BCUT2D eigenvalue weighted by Gasteiger charge is 2.24. The van der Waals surface area contributed by atoms with E-state index in [0.717, 1.165) is 42.8 Å². The van der Waals surface area contributed by atoms with Gasteiger partial charge in [0.15, 0.2) is 5.13 Å². The van der Waals surface area contributed by atoms with E-state index in [4.69, 9.17) is 10.5 Å². The second-order valence-corrected chi connectivity index (χ2v) is 6.24. The highest BCUT2D eigenvalue weighted by molar-refractivity contribution is 7.22. The Kier molecular flexibility index (Phi) is 4.07. The Morgan fingerprint density at radius 1 is 1.48 bits per heavy atom. The molecule has 0 atom stereocenters. The molecule has 1 fully saturated rings. The topological polar surface area (TPSA) is 68.5 Å². The number of anilines is 1. The maximum Gasteiger partial charge on any atom is 0.253 e. The lowest BCUT2D eigenvalue weighted by molar-refractivity contribution is 0.0146. The predicted molar refractivity (Wildman–Crippen MR) is 84.6 cm³/mol. The molecule has 0 bridgehead atoms. The van der Waals surface area contributed by atoms with E-state index in [0.29, 0.717) is 16.8 Å². The van der Waals surface area contributed by atoms with E-state index in [2.05, 4.69) is 4.98 Å². The van der Waals surface area contributed by atoms with Crippen molar-refractivity contribution in [3.05, 3.63) is 23.8 Å². The normalized spacial score (nSPS) is 16.5. The summed E-state index contributed by atoms with van der Waals surface area (Å²) in [4.78, 5) is 18.7. The van der Waals surface area contributed by atoms with Crippen molar-refractivity contribution in [1.29, 1.82) is 0 Å². The zero-order valence-electron chi connectivity index (χ0n) is 12.0. The van der Waals surface area contributed by atoms with Crippen LogP contribution in [0, 0.1) is 0 Å². The quantitative estimate of drug-likeness (QED) is 0.946. The third-order valence-corrected chi connectivity index (χ3v) is 4.63. The number of aromatic nitrogens is 1. The zero-order chi connectivity index (χ0) is 14.8. The summed E-state index contributed by atoms with van der Waals surface area (Å²) < 4.78 is 6.58. The monoisotopic (exact) mass is 305 g/mol. The van der Waals surface area contributed by atoms with E-state index >= 15 is 0 Å². The number of nitrogens with two attached hydrogens (primary N) is 1. The number of ether oxygens (including phenoxy) is 1. The van der Waals surface area contributed by atoms with Crippen molar-refractivity contribution in [2.45, 2.75) is 25.9 Å². The molecule has 6 heteroatoms. The summed E-state index contributed by atoms with van der Waals surface area (Å²) in [6.07, 6.45) is 2.12. The molecule has 2 aromatic rings. The van der Waals surface area contributed by atoms with Crippen molar-refractivity contribution in [2.75, 3.05) is 25.4 Å².